The first-order valence-electron chi connectivity index (χ1n) is 11.3. The van der Waals surface area contributed by atoms with Crippen LogP contribution in [0.2, 0.25) is 0 Å². The minimum atomic E-state index is -3.83. The Morgan fingerprint density at radius 2 is 1.78 bits per heavy atom. The van der Waals surface area contributed by atoms with E-state index in [9.17, 15) is 17.6 Å². The number of carbonyl (C=O) groups is 1. The zero-order chi connectivity index (χ0) is 26.7. The van der Waals surface area contributed by atoms with E-state index in [2.05, 4.69) is 5.32 Å². The highest BCUT2D eigenvalue weighted by Crippen LogP contribution is 2.45. The highest BCUT2D eigenvalue weighted by molar-refractivity contribution is 7.86. The van der Waals surface area contributed by atoms with Crippen molar-refractivity contribution in [3.63, 3.8) is 0 Å². The lowest BCUT2D eigenvalue weighted by Crippen LogP contribution is -2.22. The lowest BCUT2D eigenvalue weighted by atomic mass is 10.00. The predicted octanol–water partition coefficient (Wildman–Crippen LogP) is 4.81. The van der Waals surface area contributed by atoms with Crippen LogP contribution < -0.4 is 19.0 Å². The maximum Gasteiger partial charge on any atom is 0.306 e. The van der Waals surface area contributed by atoms with Crippen molar-refractivity contribution in [2.75, 3.05) is 20.5 Å². The van der Waals surface area contributed by atoms with E-state index in [0.29, 0.717) is 22.5 Å². The molecule has 4 rings (SSSR count). The van der Waals surface area contributed by atoms with Gasteiger partial charge in [-0.25, -0.2) is 4.39 Å². The van der Waals surface area contributed by atoms with Gasteiger partial charge in [0.25, 0.3) is 0 Å². The first-order chi connectivity index (χ1) is 17.6. The summed E-state index contributed by atoms with van der Waals surface area (Å²) >= 11 is 0. The van der Waals surface area contributed by atoms with Crippen LogP contribution in [0.25, 0.3) is 17.2 Å². The van der Waals surface area contributed by atoms with Crippen molar-refractivity contribution in [2.24, 2.45) is 0 Å². The number of methoxy groups -OCH3 is 2. The van der Waals surface area contributed by atoms with E-state index in [1.54, 1.807) is 30.3 Å². The molecule has 0 saturated carbocycles. The average molecular weight is 528 g/mol. The van der Waals surface area contributed by atoms with Crippen LogP contribution in [0.4, 0.5) is 4.39 Å². The maximum atomic E-state index is 14.2. The first kappa shape index (κ1) is 26.0. The van der Waals surface area contributed by atoms with Crippen LogP contribution in [-0.4, -0.2) is 34.8 Å². The largest absolute Gasteiger partial charge is 0.493 e. The number of carbonyl (C=O) groups excluding carboxylic acids is 1. The Bertz CT molecular complexity index is 1480. The summed E-state index contributed by atoms with van der Waals surface area (Å²) in [5, 5.41) is 2.82. The van der Waals surface area contributed by atoms with E-state index in [4.69, 9.17) is 18.1 Å². The SMILES string of the molecule is COc1cc(C=C2C(C)=C(CC(=O)NCc3ccco3)c3cc(F)ccc32)cc(OC)c1OS(C)(=O)=O. The van der Waals surface area contributed by atoms with Gasteiger partial charge in [-0.1, -0.05) is 6.07 Å². The molecule has 0 radical (unpaired) electrons. The molecule has 0 bridgehead atoms. The molecule has 1 N–H and O–H groups in total. The van der Waals surface area contributed by atoms with Crippen molar-refractivity contribution in [1.82, 2.24) is 5.32 Å². The zero-order valence-electron chi connectivity index (χ0n) is 20.8. The van der Waals surface area contributed by atoms with Crippen molar-refractivity contribution in [2.45, 2.75) is 19.9 Å². The van der Waals surface area contributed by atoms with Crippen LogP contribution in [-0.2, 0) is 21.5 Å². The minimum Gasteiger partial charge on any atom is -0.493 e. The van der Waals surface area contributed by atoms with Gasteiger partial charge in [0.1, 0.15) is 11.6 Å². The number of benzene rings is 2. The molecule has 194 valence electrons. The second kappa shape index (κ2) is 10.5. The molecular formula is C27H26FNO7S. The highest BCUT2D eigenvalue weighted by Gasteiger charge is 2.26. The quantitative estimate of drug-likeness (QED) is 0.398. The van der Waals surface area contributed by atoms with E-state index in [1.165, 1.54) is 32.6 Å². The van der Waals surface area contributed by atoms with Crippen molar-refractivity contribution in [1.29, 1.82) is 0 Å². The summed E-state index contributed by atoms with van der Waals surface area (Å²) in [6.45, 7) is 2.12. The molecule has 0 atom stereocenters. The molecule has 0 unspecified atom stereocenters. The Morgan fingerprint density at radius 3 is 2.38 bits per heavy atom. The summed E-state index contributed by atoms with van der Waals surface area (Å²) in [5.41, 5.74) is 4.32. The van der Waals surface area contributed by atoms with E-state index >= 15 is 0 Å². The standard InChI is InChI=1S/C27H26FNO7S/c1-16-21(10-17-11-24(33-2)27(25(12-17)34-3)36-37(4,31)32)20-8-7-18(28)13-23(20)22(16)14-26(30)29-15-19-6-5-9-35-19/h5-13H,14-15H2,1-4H3,(H,29,30). The number of hydrogen-bond donors (Lipinski definition) is 1. The fraction of sp³-hybridized carbons (Fsp3) is 0.222. The molecule has 37 heavy (non-hydrogen) atoms. The van der Waals surface area contributed by atoms with Gasteiger partial charge in [0.15, 0.2) is 11.5 Å². The number of hydrogen-bond acceptors (Lipinski definition) is 7. The molecule has 1 heterocycles. The molecule has 0 aliphatic heterocycles. The molecule has 8 nitrogen and oxygen atoms in total. The molecule has 1 aliphatic rings. The van der Waals surface area contributed by atoms with Gasteiger partial charge in [0.05, 0.1) is 39.7 Å². The molecular weight excluding hydrogens is 501 g/mol. The smallest absolute Gasteiger partial charge is 0.306 e. The van der Waals surface area contributed by atoms with Crippen molar-refractivity contribution in [3.05, 3.63) is 82.6 Å². The Labute approximate surface area is 214 Å². The summed E-state index contributed by atoms with van der Waals surface area (Å²) in [5.74, 6) is 0.245. The van der Waals surface area contributed by atoms with Crippen LogP contribution in [0.5, 0.6) is 17.2 Å². The number of furan rings is 1. The van der Waals surface area contributed by atoms with Gasteiger partial charge in [-0.05, 0) is 82.8 Å². The van der Waals surface area contributed by atoms with E-state index < -0.39 is 15.9 Å². The van der Waals surface area contributed by atoms with E-state index in [-0.39, 0.29) is 36.1 Å². The maximum absolute atomic E-state index is 14.2. The van der Waals surface area contributed by atoms with Crippen LogP contribution in [0, 0.1) is 5.82 Å². The van der Waals surface area contributed by atoms with Crippen molar-refractivity contribution < 1.29 is 35.7 Å². The van der Waals surface area contributed by atoms with Gasteiger partial charge in [-0.15, -0.1) is 0 Å². The monoisotopic (exact) mass is 527 g/mol. The number of halogens is 1. The third-order valence-corrected chi connectivity index (χ3v) is 6.33. The van der Waals surface area contributed by atoms with Crippen molar-refractivity contribution >= 4 is 33.2 Å². The molecule has 1 amide bonds. The molecule has 1 aliphatic carbocycles. The Balaban J connectivity index is 1.73. The zero-order valence-corrected chi connectivity index (χ0v) is 21.6. The Hall–Kier alpha value is -4.05. The fourth-order valence-electron chi connectivity index (χ4n) is 4.19. The van der Waals surface area contributed by atoms with Crippen LogP contribution >= 0.6 is 0 Å². The number of fused-ring (bicyclic) bond motifs is 1. The number of ether oxygens (including phenoxy) is 2. The fourth-order valence-corrected chi connectivity index (χ4v) is 4.65. The molecule has 0 spiro atoms. The Kier molecular flexibility index (Phi) is 7.40. The summed E-state index contributed by atoms with van der Waals surface area (Å²) in [4.78, 5) is 12.7. The van der Waals surface area contributed by atoms with Gasteiger partial charge >= 0.3 is 10.1 Å². The number of amides is 1. The summed E-state index contributed by atoms with van der Waals surface area (Å²) in [6, 6.07) is 11.2. The summed E-state index contributed by atoms with van der Waals surface area (Å²) in [6.07, 6.45) is 4.35. The lowest BCUT2D eigenvalue weighted by molar-refractivity contribution is -0.120. The summed E-state index contributed by atoms with van der Waals surface area (Å²) < 4.78 is 58.7. The lowest BCUT2D eigenvalue weighted by Gasteiger charge is -2.14. The van der Waals surface area contributed by atoms with Crippen LogP contribution in [0.1, 0.15) is 35.8 Å². The number of allylic oxidation sites excluding steroid dienone is 2. The van der Waals surface area contributed by atoms with Crippen molar-refractivity contribution in [3.8, 4) is 17.2 Å². The van der Waals surface area contributed by atoms with Gasteiger partial charge in [0, 0.05) is 0 Å². The molecule has 0 fully saturated rings. The highest BCUT2D eigenvalue weighted by atomic mass is 32.2. The minimum absolute atomic E-state index is 0.0497. The topological polar surface area (TPSA) is 104 Å². The van der Waals surface area contributed by atoms with Crippen LogP contribution in [0.15, 0.2) is 58.7 Å². The molecule has 10 heteroatoms. The number of rotatable bonds is 9. The second-order valence-electron chi connectivity index (χ2n) is 8.43. The van der Waals surface area contributed by atoms with Gasteiger partial charge in [-0.2, -0.15) is 8.42 Å². The second-order valence-corrected chi connectivity index (χ2v) is 10.0. The molecule has 3 aromatic rings. The van der Waals surface area contributed by atoms with E-state index in [0.717, 1.165) is 23.0 Å². The Morgan fingerprint density at radius 1 is 1.08 bits per heavy atom. The van der Waals surface area contributed by atoms with Gasteiger partial charge in [0.2, 0.25) is 11.7 Å². The van der Waals surface area contributed by atoms with Crippen LogP contribution in [0.3, 0.4) is 0 Å². The first-order valence-corrected chi connectivity index (χ1v) is 13.1. The third kappa shape index (κ3) is 5.86. The van der Waals surface area contributed by atoms with Gasteiger partial charge < -0.3 is 23.4 Å². The summed E-state index contributed by atoms with van der Waals surface area (Å²) in [7, 11) is -1.05. The normalized spacial score (nSPS) is 14.0. The molecule has 2 aromatic carbocycles. The predicted molar refractivity (Wildman–Crippen MR) is 137 cm³/mol. The molecule has 0 saturated heterocycles. The average Bonchev–Trinajstić information content (AvgIpc) is 3.45. The molecule has 1 aromatic heterocycles. The van der Waals surface area contributed by atoms with Gasteiger partial charge in [-0.3, -0.25) is 4.79 Å². The third-order valence-electron chi connectivity index (χ3n) is 5.86. The number of nitrogens with one attached hydrogen (secondary N) is 1. The van der Waals surface area contributed by atoms with E-state index in [1.807, 2.05) is 13.0 Å².